The van der Waals surface area contributed by atoms with Gasteiger partial charge in [-0.2, -0.15) is 0 Å². The van der Waals surface area contributed by atoms with E-state index in [1.54, 1.807) is 36.4 Å². The van der Waals surface area contributed by atoms with Crippen molar-refractivity contribution in [2.45, 2.75) is 25.4 Å². The third-order valence-electron chi connectivity index (χ3n) is 4.22. The van der Waals surface area contributed by atoms with Gasteiger partial charge in [-0.05, 0) is 54.8 Å². The summed E-state index contributed by atoms with van der Waals surface area (Å²) in [4.78, 5) is 35.0. The predicted molar refractivity (Wildman–Crippen MR) is 99.8 cm³/mol. The van der Waals surface area contributed by atoms with Crippen LogP contribution in [0.4, 0.5) is 11.4 Å². The van der Waals surface area contributed by atoms with Crippen molar-refractivity contribution in [3.8, 4) is 0 Å². The van der Waals surface area contributed by atoms with Gasteiger partial charge in [0.2, 0.25) is 5.91 Å². The maximum atomic E-state index is 12.1. The van der Waals surface area contributed by atoms with Gasteiger partial charge in [0.25, 0.3) is 5.91 Å². The Bertz CT molecular complexity index is 824. The number of carboxylic acids is 1. The highest BCUT2D eigenvalue weighted by atomic mass is 16.5. The van der Waals surface area contributed by atoms with Gasteiger partial charge < -0.3 is 20.5 Å². The molecule has 2 amide bonds. The van der Waals surface area contributed by atoms with Crippen LogP contribution in [-0.2, 0) is 20.7 Å². The van der Waals surface area contributed by atoms with Gasteiger partial charge in [0.05, 0.1) is 12.0 Å². The Morgan fingerprint density at radius 2 is 1.59 bits per heavy atom. The fourth-order valence-electron chi connectivity index (χ4n) is 2.80. The van der Waals surface area contributed by atoms with Crippen molar-refractivity contribution >= 4 is 29.2 Å². The van der Waals surface area contributed by atoms with Gasteiger partial charge in [-0.15, -0.1) is 0 Å². The van der Waals surface area contributed by atoms with Crippen LogP contribution in [0.25, 0.3) is 0 Å². The topological polar surface area (TPSA) is 105 Å². The second-order valence-electron chi connectivity index (χ2n) is 6.30. The smallest absolute Gasteiger partial charge is 0.335 e. The van der Waals surface area contributed by atoms with Crippen LogP contribution < -0.4 is 10.6 Å². The average Bonchev–Trinajstić information content (AvgIpc) is 3.18. The molecule has 1 aliphatic rings. The number of aromatic carboxylic acids is 1. The monoisotopic (exact) mass is 368 g/mol. The van der Waals surface area contributed by atoms with Crippen molar-refractivity contribution < 1.29 is 24.2 Å². The number of carbonyl (C=O) groups is 3. The van der Waals surface area contributed by atoms with E-state index in [4.69, 9.17) is 9.84 Å². The number of ether oxygens (including phenoxy) is 1. The van der Waals surface area contributed by atoms with E-state index in [0.29, 0.717) is 18.0 Å². The van der Waals surface area contributed by atoms with E-state index in [0.717, 1.165) is 18.4 Å². The highest BCUT2D eigenvalue weighted by Gasteiger charge is 2.23. The maximum Gasteiger partial charge on any atom is 0.335 e. The summed E-state index contributed by atoms with van der Waals surface area (Å²) < 4.78 is 5.34. The molecule has 1 fully saturated rings. The first-order valence-corrected chi connectivity index (χ1v) is 8.66. The van der Waals surface area contributed by atoms with Crippen LogP contribution in [0.2, 0.25) is 0 Å². The van der Waals surface area contributed by atoms with Crippen molar-refractivity contribution in [3.05, 3.63) is 59.7 Å². The van der Waals surface area contributed by atoms with E-state index >= 15 is 0 Å². The molecule has 1 unspecified atom stereocenters. The minimum atomic E-state index is -1.00. The van der Waals surface area contributed by atoms with Crippen LogP contribution in [0.3, 0.4) is 0 Å². The minimum Gasteiger partial charge on any atom is -0.478 e. The Morgan fingerprint density at radius 1 is 0.963 bits per heavy atom. The number of amides is 2. The number of rotatable bonds is 6. The number of anilines is 2. The van der Waals surface area contributed by atoms with Crippen molar-refractivity contribution in [1.82, 2.24) is 0 Å². The largest absolute Gasteiger partial charge is 0.478 e. The number of benzene rings is 2. The minimum absolute atomic E-state index is 0.136. The summed E-state index contributed by atoms with van der Waals surface area (Å²) in [5.74, 6) is -1.37. The first kappa shape index (κ1) is 18.6. The zero-order valence-corrected chi connectivity index (χ0v) is 14.6. The molecular weight excluding hydrogens is 348 g/mol. The third-order valence-corrected chi connectivity index (χ3v) is 4.22. The molecule has 7 nitrogen and oxygen atoms in total. The van der Waals surface area contributed by atoms with Gasteiger partial charge in [0.1, 0.15) is 6.10 Å². The highest BCUT2D eigenvalue weighted by Crippen LogP contribution is 2.17. The summed E-state index contributed by atoms with van der Waals surface area (Å²) >= 11 is 0. The molecule has 0 saturated carbocycles. The summed E-state index contributed by atoms with van der Waals surface area (Å²) in [7, 11) is 0. The molecule has 3 rings (SSSR count). The summed E-state index contributed by atoms with van der Waals surface area (Å²) in [5.41, 5.74) is 2.15. The van der Waals surface area contributed by atoms with Crippen LogP contribution in [0.15, 0.2) is 48.5 Å². The highest BCUT2D eigenvalue weighted by molar-refractivity contribution is 5.95. The second kappa shape index (κ2) is 8.46. The summed E-state index contributed by atoms with van der Waals surface area (Å²) in [6, 6.07) is 13.0. The molecular formula is C20H20N2O5. The molecule has 2 aromatic rings. The Kier molecular flexibility index (Phi) is 5.83. The lowest BCUT2D eigenvalue weighted by Gasteiger charge is -2.11. The van der Waals surface area contributed by atoms with Gasteiger partial charge >= 0.3 is 5.97 Å². The molecule has 7 heteroatoms. The maximum absolute atomic E-state index is 12.1. The van der Waals surface area contributed by atoms with Crippen LogP contribution in [0, 0.1) is 0 Å². The standard InChI is InChI=1S/C20H20N2O5/c23-18(12-13-3-5-14(6-4-13)20(25)26)21-15-7-9-16(10-8-15)22-19(24)17-2-1-11-27-17/h3-10,17H,1-2,11-12H2,(H,21,23)(H,22,24)(H,25,26). The van der Waals surface area contributed by atoms with Gasteiger partial charge in [-0.25, -0.2) is 4.79 Å². The molecule has 27 heavy (non-hydrogen) atoms. The lowest BCUT2D eigenvalue weighted by molar-refractivity contribution is -0.124. The second-order valence-corrected chi connectivity index (χ2v) is 6.30. The quantitative estimate of drug-likeness (QED) is 0.727. The van der Waals surface area contributed by atoms with E-state index in [9.17, 15) is 14.4 Å². The molecule has 0 aromatic heterocycles. The first-order valence-electron chi connectivity index (χ1n) is 8.66. The molecule has 1 aliphatic heterocycles. The van der Waals surface area contributed by atoms with E-state index in [1.807, 2.05) is 0 Å². The Morgan fingerprint density at radius 3 is 2.15 bits per heavy atom. The zero-order valence-electron chi connectivity index (χ0n) is 14.6. The molecule has 140 valence electrons. The van der Waals surface area contributed by atoms with E-state index in [2.05, 4.69) is 10.6 Å². The fraction of sp³-hybridized carbons (Fsp3) is 0.250. The van der Waals surface area contributed by atoms with E-state index < -0.39 is 12.1 Å². The van der Waals surface area contributed by atoms with Crippen molar-refractivity contribution in [2.24, 2.45) is 0 Å². The molecule has 0 bridgehead atoms. The van der Waals surface area contributed by atoms with Gasteiger partial charge in [0, 0.05) is 18.0 Å². The van der Waals surface area contributed by atoms with Gasteiger partial charge in [-0.3, -0.25) is 9.59 Å². The lowest BCUT2D eigenvalue weighted by Crippen LogP contribution is -2.26. The lowest BCUT2D eigenvalue weighted by atomic mass is 10.1. The van der Waals surface area contributed by atoms with Gasteiger partial charge in [-0.1, -0.05) is 12.1 Å². The zero-order chi connectivity index (χ0) is 19.2. The molecule has 2 aromatic carbocycles. The molecule has 3 N–H and O–H groups in total. The summed E-state index contributed by atoms with van der Waals surface area (Å²) in [5, 5.41) is 14.4. The average molecular weight is 368 g/mol. The van der Waals surface area contributed by atoms with Crippen LogP contribution in [0.1, 0.15) is 28.8 Å². The van der Waals surface area contributed by atoms with Crippen molar-refractivity contribution in [3.63, 3.8) is 0 Å². The third kappa shape index (κ3) is 5.15. The molecule has 1 atom stereocenters. The Labute approximate surface area is 156 Å². The Hall–Kier alpha value is -3.19. The SMILES string of the molecule is O=C(Cc1ccc(C(=O)O)cc1)Nc1ccc(NC(=O)C2CCCO2)cc1. The number of nitrogens with one attached hydrogen (secondary N) is 2. The number of hydrogen-bond donors (Lipinski definition) is 3. The predicted octanol–water partition coefficient (Wildman–Crippen LogP) is 2.68. The Balaban J connectivity index is 1.52. The van der Waals surface area contributed by atoms with Crippen LogP contribution in [0.5, 0.6) is 0 Å². The summed E-state index contributed by atoms with van der Waals surface area (Å²) in [6.07, 6.45) is 1.37. The normalized spacial score (nSPS) is 15.9. The number of carboxylic acid groups (broad SMARTS) is 1. The molecule has 1 heterocycles. The molecule has 0 aliphatic carbocycles. The first-order chi connectivity index (χ1) is 13.0. The molecule has 0 spiro atoms. The van der Waals surface area contributed by atoms with E-state index in [1.165, 1.54) is 12.1 Å². The fourth-order valence-corrected chi connectivity index (χ4v) is 2.80. The van der Waals surface area contributed by atoms with Crippen molar-refractivity contribution in [2.75, 3.05) is 17.2 Å². The van der Waals surface area contributed by atoms with Crippen LogP contribution in [-0.4, -0.2) is 35.6 Å². The number of carbonyl (C=O) groups excluding carboxylic acids is 2. The van der Waals surface area contributed by atoms with Gasteiger partial charge in [0.15, 0.2) is 0 Å². The molecule has 1 saturated heterocycles. The van der Waals surface area contributed by atoms with E-state index in [-0.39, 0.29) is 23.8 Å². The van der Waals surface area contributed by atoms with Crippen LogP contribution >= 0.6 is 0 Å². The molecule has 0 radical (unpaired) electrons. The number of hydrogen-bond acceptors (Lipinski definition) is 4. The summed E-state index contributed by atoms with van der Waals surface area (Å²) in [6.45, 7) is 0.613. The van der Waals surface area contributed by atoms with Crippen molar-refractivity contribution in [1.29, 1.82) is 0 Å².